The molecular weight excluding hydrogens is 232 g/mol. The molecule has 1 aromatic rings. The highest BCUT2D eigenvalue weighted by Gasteiger charge is 2.52. The first-order valence-electron chi connectivity index (χ1n) is 5.75. The summed E-state index contributed by atoms with van der Waals surface area (Å²) in [6.07, 6.45) is 1.30. The number of hydrogen-bond acceptors (Lipinski definition) is 4. The second-order valence-electron chi connectivity index (χ2n) is 4.60. The van der Waals surface area contributed by atoms with Crippen LogP contribution in [0.25, 0.3) is 0 Å². The third-order valence-electron chi connectivity index (χ3n) is 3.42. The molecule has 5 nitrogen and oxygen atoms in total. The van der Waals surface area contributed by atoms with E-state index in [0.29, 0.717) is 30.0 Å². The van der Waals surface area contributed by atoms with Gasteiger partial charge in [-0.3, -0.25) is 4.79 Å². The largest absolute Gasteiger partial charge is 0.454 e. The number of amides is 1. The highest BCUT2D eigenvalue weighted by Crippen LogP contribution is 2.47. The Hall–Kier alpha value is -2.22. The first kappa shape index (κ1) is 10.9. The molecule has 0 atom stereocenters. The van der Waals surface area contributed by atoms with Gasteiger partial charge in [-0.2, -0.15) is 5.26 Å². The Kier molecular flexibility index (Phi) is 2.20. The van der Waals surface area contributed by atoms with Gasteiger partial charge >= 0.3 is 0 Å². The molecule has 5 heteroatoms. The average molecular weight is 244 g/mol. The lowest BCUT2D eigenvalue weighted by Crippen LogP contribution is -2.33. The van der Waals surface area contributed by atoms with E-state index in [-0.39, 0.29) is 12.7 Å². The van der Waals surface area contributed by atoms with Crippen LogP contribution in [-0.2, 0) is 4.79 Å². The summed E-state index contributed by atoms with van der Waals surface area (Å²) in [6.45, 7) is 0.207. The normalized spacial score (nSPS) is 18.0. The molecule has 0 spiro atoms. The van der Waals surface area contributed by atoms with Gasteiger partial charge in [0.2, 0.25) is 12.7 Å². The van der Waals surface area contributed by atoms with Crippen molar-refractivity contribution < 1.29 is 14.3 Å². The number of fused-ring (bicyclic) bond motifs is 1. The van der Waals surface area contributed by atoms with Gasteiger partial charge in [-0.1, -0.05) is 0 Å². The lowest BCUT2D eigenvalue weighted by atomic mass is 10.1. The van der Waals surface area contributed by atoms with Crippen molar-refractivity contribution in [3.63, 3.8) is 0 Å². The van der Waals surface area contributed by atoms with Crippen molar-refractivity contribution >= 4 is 11.6 Å². The van der Waals surface area contributed by atoms with E-state index < -0.39 is 5.41 Å². The van der Waals surface area contributed by atoms with E-state index in [1.54, 1.807) is 25.2 Å². The van der Waals surface area contributed by atoms with Crippen LogP contribution in [0.4, 0.5) is 5.69 Å². The van der Waals surface area contributed by atoms with Gasteiger partial charge in [0.25, 0.3) is 0 Å². The van der Waals surface area contributed by atoms with Gasteiger partial charge in [0.1, 0.15) is 5.41 Å². The van der Waals surface area contributed by atoms with Crippen LogP contribution in [0.5, 0.6) is 11.5 Å². The Balaban J connectivity index is 1.87. The molecule has 3 rings (SSSR count). The highest BCUT2D eigenvalue weighted by molar-refractivity contribution is 6.01. The molecule has 1 aliphatic carbocycles. The monoisotopic (exact) mass is 244 g/mol. The molecule has 0 unspecified atom stereocenters. The molecule has 0 N–H and O–H groups in total. The Morgan fingerprint density at radius 2 is 2.11 bits per heavy atom. The predicted molar refractivity (Wildman–Crippen MR) is 63.3 cm³/mol. The van der Waals surface area contributed by atoms with E-state index in [0.717, 1.165) is 0 Å². The number of carbonyl (C=O) groups excluding carboxylic acids is 1. The molecule has 18 heavy (non-hydrogen) atoms. The molecule has 1 amide bonds. The van der Waals surface area contributed by atoms with Crippen LogP contribution in [0.15, 0.2) is 18.2 Å². The third kappa shape index (κ3) is 1.50. The van der Waals surface area contributed by atoms with Crippen LogP contribution in [0, 0.1) is 16.7 Å². The molecule has 1 aromatic carbocycles. The summed E-state index contributed by atoms with van der Waals surface area (Å²) in [7, 11) is 1.68. The van der Waals surface area contributed by atoms with Crippen LogP contribution in [0.1, 0.15) is 12.8 Å². The number of nitriles is 1. The van der Waals surface area contributed by atoms with E-state index >= 15 is 0 Å². The minimum absolute atomic E-state index is 0.149. The summed E-state index contributed by atoms with van der Waals surface area (Å²) in [5, 5.41) is 9.04. The van der Waals surface area contributed by atoms with Crippen LogP contribution >= 0.6 is 0 Å². The number of benzene rings is 1. The van der Waals surface area contributed by atoms with E-state index in [9.17, 15) is 4.79 Å². The number of carbonyl (C=O) groups is 1. The number of hydrogen-bond donors (Lipinski definition) is 0. The van der Waals surface area contributed by atoms with Crippen LogP contribution in [0.2, 0.25) is 0 Å². The second-order valence-corrected chi connectivity index (χ2v) is 4.60. The van der Waals surface area contributed by atoms with Crippen molar-refractivity contribution in [2.75, 3.05) is 18.7 Å². The average Bonchev–Trinajstić information content (AvgIpc) is 3.07. The number of nitrogens with zero attached hydrogens (tertiary/aromatic N) is 2. The summed E-state index contributed by atoms with van der Waals surface area (Å²) in [5.74, 6) is 1.17. The summed E-state index contributed by atoms with van der Waals surface area (Å²) in [6, 6.07) is 7.43. The molecule has 1 aliphatic heterocycles. The van der Waals surface area contributed by atoms with Crippen molar-refractivity contribution in [2.24, 2.45) is 5.41 Å². The topological polar surface area (TPSA) is 62.6 Å². The van der Waals surface area contributed by atoms with Crippen LogP contribution in [0.3, 0.4) is 0 Å². The zero-order chi connectivity index (χ0) is 12.8. The summed E-state index contributed by atoms with van der Waals surface area (Å²) >= 11 is 0. The van der Waals surface area contributed by atoms with E-state index in [1.807, 2.05) is 0 Å². The first-order valence-corrected chi connectivity index (χ1v) is 5.75. The molecule has 2 aliphatic rings. The first-order chi connectivity index (χ1) is 8.66. The van der Waals surface area contributed by atoms with E-state index in [2.05, 4.69) is 6.07 Å². The van der Waals surface area contributed by atoms with Gasteiger partial charge in [-0.05, 0) is 25.0 Å². The highest BCUT2D eigenvalue weighted by atomic mass is 16.7. The van der Waals surface area contributed by atoms with Crippen LogP contribution in [-0.4, -0.2) is 19.7 Å². The lowest BCUT2D eigenvalue weighted by Gasteiger charge is -2.20. The fraction of sp³-hybridized carbons (Fsp3) is 0.385. The fourth-order valence-corrected chi connectivity index (χ4v) is 2.03. The SMILES string of the molecule is CN(C(=O)C1(C#N)CC1)c1ccc2c(c1)OCO2. The lowest BCUT2D eigenvalue weighted by molar-refractivity contribution is -0.121. The fourth-order valence-electron chi connectivity index (χ4n) is 2.03. The third-order valence-corrected chi connectivity index (χ3v) is 3.42. The molecule has 0 saturated heterocycles. The summed E-state index contributed by atoms with van der Waals surface area (Å²) in [4.78, 5) is 13.7. The smallest absolute Gasteiger partial charge is 0.247 e. The van der Waals surface area contributed by atoms with Gasteiger partial charge in [0.05, 0.1) is 6.07 Å². The maximum absolute atomic E-state index is 12.2. The van der Waals surface area contributed by atoms with Crippen molar-refractivity contribution in [1.82, 2.24) is 0 Å². The molecule has 92 valence electrons. The predicted octanol–water partition coefficient (Wildman–Crippen LogP) is 1.68. The van der Waals surface area contributed by atoms with E-state index in [1.165, 1.54) is 4.90 Å². The molecule has 0 aromatic heterocycles. The van der Waals surface area contributed by atoms with Gasteiger partial charge in [-0.15, -0.1) is 0 Å². The Morgan fingerprint density at radius 1 is 1.39 bits per heavy atom. The molecule has 1 heterocycles. The van der Waals surface area contributed by atoms with Gasteiger partial charge in [0.15, 0.2) is 11.5 Å². The van der Waals surface area contributed by atoms with Gasteiger partial charge in [0, 0.05) is 18.8 Å². The van der Waals surface area contributed by atoms with Crippen molar-refractivity contribution in [3.05, 3.63) is 18.2 Å². The zero-order valence-electron chi connectivity index (χ0n) is 9.97. The summed E-state index contributed by atoms with van der Waals surface area (Å²) in [5.41, 5.74) is -0.0868. The number of ether oxygens (including phenoxy) is 2. The van der Waals surface area contributed by atoms with Crippen molar-refractivity contribution in [3.8, 4) is 17.6 Å². The standard InChI is InChI=1S/C13H12N2O3/c1-15(12(16)13(7-14)4-5-13)9-2-3-10-11(6-9)18-8-17-10/h2-3,6H,4-5,8H2,1H3. The van der Waals surface area contributed by atoms with Crippen LogP contribution < -0.4 is 14.4 Å². The number of anilines is 1. The molecule has 1 saturated carbocycles. The number of rotatable bonds is 2. The van der Waals surface area contributed by atoms with Crippen molar-refractivity contribution in [2.45, 2.75) is 12.8 Å². The molecule has 0 bridgehead atoms. The Morgan fingerprint density at radius 3 is 2.78 bits per heavy atom. The van der Waals surface area contributed by atoms with Crippen molar-refractivity contribution in [1.29, 1.82) is 5.26 Å². The molecular formula is C13H12N2O3. The Labute approximate surface area is 105 Å². The maximum atomic E-state index is 12.2. The minimum Gasteiger partial charge on any atom is -0.454 e. The zero-order valence-corrected chi connectivity index (χ0v) is 9.97. The maximum Gasteiger partial charge on any atom is 0.247 e. The van der Waals surface area contributed by atoms with E-state index in [4.69, 9.17) is 14.7 Å². The molecule has 0 radical (unpaired) electrons. The quantitative estimate of drug-likeness (QED) is 0.794. The van der Waals surface area contributed by atoms with Gasteiger partial charge in [-0.25, -0.2) is 0 Å². The minimum atomic E-state index is -0.800. The summed E-state index contributed by atoms with van der Waals surface area (Å²) < 4.78 is 10.5. The Bertz CT molecular complexity index is 558. The van der Waals surface area contributed by atoms with Gasteiger partial charge < -0.3 is 14.4 Å². The molecule has 1 fully saturated rings. The second kappa shape index (κ2) is 3.64.